The molecule has 2 aromatic carbocycles. The summed E-state index contributed by atoms with van der Waals surface area (Å²) in [6.07, 6.45) is 2.92. The van der Waals surface area contributed by atoms with Gasteiger partial charge < -0.3 is 15.4 Å². The quantitative estimate of drug-likeness (QED) is 0.348. The van der Waals surface area contributed by atoms with E-state index in [-0.39, 0.29) is 32.0 Å². The largest absolute Gasteiger partial charge is 0.486 e. The van der Waals surface area contributed by atoms with Crippen LogP contribution in [0.4, 0.5) is 15.8 Å². The van der Waals surface area contributed by atoms with Gasteiger partial charge in [0.15, 0.2) is 0 Å². The number of rotatable bonds is 10. The normalized spacial score (nSPS) is 17.1. The first kappa shape index (κ1) is 28.3. The molecule has 0 amide bonds. The minimum Gasteiger partial charge on any atom is -0.486 e. The van der Waals surface area contributed by atoms with Crippen molar-refractivity contribution in [2.75, 3.05) is 50.1 Å². The molecular weight excluding hydrogens is 559 g/mol. The van der Waals surface area contributed by atoms with E-state index >= 15 is 0 Å². The topological polar surface area (TPSA) is 123 Å². The predicted molar refractivity (Wildman–Crippen MR) is 153 cm³/mol. The molecule has 1 saturated heterocycles. The van der Waals surface area contributed by atoms with Crippen LogP contribution in [0.25, 0.3) is 5.69 Å². The predicted octanol–water partition coefficient (Wildman–Crippen LogP) is 3.06. The Hall–Kier alpha value is -3.19. The van der Waals surface area contributed by atoms with Crippen molar-refractivity contribution in [2.45, 2.75) is 26.3 Å². The van der Waals surface area contributed by atoms with Crippen molar-refractivity contribution in [2.24, 2.45) is 5.41 Å². The van der Waals surface area contributed by atoms with E-state index in [9.17, 15) is 17.6 Å². The summed E-state index contributed by atoms with van der Waals surface area (Å²) in [5, 5.41) is 4.79. The highest BCUT2D eigenvalue weighted by Crippen LogP contribution is 2.46. The van der Waals surface area contributed by atoms with Crippen LogP contribution in [0.1, 0.15) is 24.0 Å². The van der Waals surface area contributed by atoms with Gasteiger partial charge in [0.1, 0.15) is 5.69 Å². The Morgan fingerprint density at radius 3 is 2.55 bits per heavy atom. The van der Waals surface area contributed by atoms with Crippen LogP contribution in [0, 0.1) is 12.3 Å². The number of nitrogens with one attached hydrogen (secondary N) is 1. The van der Waals surface area contributed by atoms with Crippen molar-refractivity contribution >= 4 is 33.2 Å². The molecule has 0 unspecified atom stereocenters. The standard InChI is InChI=1S/C27H32ClFN6O4S/c1-19-5-6-20(13-23(19)30)15-32-40(37,38)34-11-9-33(10-12-34)24-16-31-35(22-4-2-3-21(28)14-22)26(36)25(24)39-18-27(17-29)7-8-27/h2-6,13-14,16,32H,7-12,15,17-18,30H2,1H3. The lowest BCUT2D eigenvalue weighted by atomic mass is 10.1. The van der Waals surface area contributed by atoms with Crippen molar-refractivity contribution < 1.29 is 17.5 Å². The Kier molecular flexibility index (Phi) is 8.05. The van der Waals surface area contributed by atoms with Crippen molar-refractivity contribution in [3.8, 4) is 11.4 Å². The Morgan fingerprint density at radius 1 is 1.15 bits per heavy atom. The highest BCUT2D eigenvalue weighted by Gasteiger charge is 2.44. The molecule has 5 rings (SSSR count). The molecule has 0 atom stereocenters. The number of alkyl halides is 1. The third-order valence-electron chi connectivity index (χ3n) is 7.45. The van der Waals surface area contributed by atoms with Crippen LogP contribution >= 0.6 is 11.6 Å². The van der Waals surface area contributed by atoms with Crippen molar-refractivity contribution in [1.29, 1.82) is 0 Å². The van der Waals surface area contributed by atoms with Gasteiger partial charge in [-0.1, -0.05) is 29.8 Å². The highest BCUT2D eigenvalue weighted by atomic mass is 35.5. The van der Waals surface area contributed by atoms with Gasteiger partial charge in [-0.2, -0.15) is 27.2 Å². The smallest absolute Gasteiger partial charge is 0.316 e. The average Bonchev–Trinajstić information content (AvgIpc) is 3.73. The molecule has 40 heavy (non-hydrogen) atoms. The zero-order chi connectivity index (χ0) is 28.5. The lowest BCUT2D eigenvalue weighted by Crippen LogP contribution is -2.52. The number of piperazine rings is 1. The lowest BCUT2D eigenvalue weighted by Gasteiger charge is -2.35. The Labute approximate surface area is 237 Å². The van der Waals surface area contributed by atoms with Crippen molar-refractivity contribution in [1.82, 2.24) is 18.8 Å². The summed E-state index contributed by atoms with van der Waals surface area (Å²) in [7, 11) is -3.75. The number of aromatic nitrogens is 2. The minimum atomic E-state index is -3.75. The zero-order valence-corrected chi connectivity index (χ0v) is 23.7. The number of hydrogen-bond donors (Lipinski definition) is 2. The molecule has 10 nitrogen and oxygen atoms in total. The van der Waals surface area contributed by atoms with Crippen LogP contribution in [0.3, 0.4) is 0 Å². The second kappa shape index (κ2) is 11.4. The summed E-state index contributed by atoms with van der Waals surface area (Å²) in [6.45, 7) is 2.57. The van der Waals surface area contributed by atoms with E-state index in [0.717, 1.165) is 11.1 Å². The van der Waals surface area contributed by atoms with Gasteiger partial charge in [0.2, 0.25) is 5.75 Å². The van der Waals surface area contributed by atoms with Gasteiger partial charge in [-0.3, -0.25) is 9.18 Å². The minimum absolute atomic E-state index is 0.0566. The summed E-state index contributed by atoms with van der Waals surface area (Å²) in [6, 6.07) is 12.2. The van der Waals surface area contributed by atoms with E-state index in [2.05, 4.69) is 9.82 Å². The molecule has 3 N–H and O–H groups in total. The van der Waals surface area contributed by atoms with Crippen LogP contribution in [0.15, 0.2) is 53.5 Å². The van der Waals surface area contributed by atoms with Crippen molar-refractivity contribution in [3.05, 3.63) is 75.2 Å². The number of anilines is 2. The van der Waals surface area contributed by atoms with Gasteiger partial charge in [0, 0.05) is 48.8 Å². The maximum Gasteiger partial charge on any atom is 0.316 e. The molecule has 2 aliphatic rings. The maximum absolute atomic E-state index is 13.6. The maximum atomic E-state index is 13.6. The van der Waals surface area contributed by atoms with Gasteiger partial charge in [0.25, 0.3) is 10.2 Å². The Balaban J connectivity index is 1.32. The van der Waals surface area contributed by atoms with Crippen LogP contribution in [0.5, 0.6) is 5.75 Å². The summed E-state index contributed by atoms with van der Waals surface area (Å²) in [4.78, 5) is 15.4. The third kappa shape index (κ3) is 6.09. The van der Waals surface area contributed by atoms with E-state index in [1.807, 2.05) is 24.0 Å². The van der Waals surface area contributed by atoms with E-state index in [0.29, 0.717) is 48.0 Å². The fourth-order valence-electron chi connectivity index (χ4n) is 4.54. The number of nitrogens with zero attached hydrogens (tertiary/aromatic N) is 4. The number of nitrogen functional groups attached to an aromatic ring is 1. The molecule has 1 aliphatic carbocycles. The molecule has 1 aromatic heterocycles. The molecule has 0 radical (unpaired) electrons. The molecule has 3 aromatic rings. The summed E-state index contributed by atoms with van der Waals surface area (Å²) in [5.74, 6) is 0.0566. The molecule has 0 bridgehead atoms. The monoisotopic (exact) mass is 590 g/mol. The van der Waals surface area contributed by atoms with Crippen molar-refractivity contribution in [3.63, 3.8) is 0 Å². The van der Waals surface area contributed by atoms with E-state index < -0.39 is 27.9 Å². The molecular formula is C27H32ClFN6O4S. The molecule has 2 fully saturated rings. The zero-order valence-electron chi connectivity index (χ0n) is 22.1. The molecule has 1 saturated carbocycles. The number of aryl methyl sites for hydroxylation is 1. The highest BCUT2D eigenvalue weighted by molar-refractivity contribution is 7.87. The number of halogens is 2. The third-order valence-corrected chi connectivity index (χ3v) is 9.24. The summed E-state index contributed by atoms with van der Waals surface area (Å²) >= 11 is 6.12. The van der Waals surface area contributed by atoms with E-state index in [4.69, 9.17) is 22.1 Å². The number of benzene rings is 2. The van der Waals surface area contributed by atoms with Crippen LogP contribution in [-0.4, -0.2) is 62.0 Å². The van der Waals surface area contributed by atoms with Gasteiger partial charge in [-0.15, -0.1) is 0 Å². The summed E-state index contributed by atoms with van der Waals surface area (Å²) < 4.78 is 50.7. The lowest BCUT2D eigenvalue weighted by molar-refractivity contribution is 0.197. The van der Waals surface area contributed by atoms with Gasteiger partial charge >= 0.3 is 5.56 Å². The Morgan fingerprint density at radius 2 is 1.90 bits per heavy atom. The number of hydrogen-bond acceptors (Lipinski definition) is 7. The first-order valence-corrected chi connectivity index (χ1v) is 14.8. The molecule has 1 aliphatic heterocycles. The number of nitrogens with two attached hydrogens (primary N) is 1. The fraction of sp³-hybridized carbons (Fsp3) is 0.407. The van der Waals surface area contributed by atoms with Gasteiger partial charge in [0.05, 0.1) is 25.2 Å². The second-order valence-electron chi connectivity index (χ2n) is 10.4. The molecule has 13 heteroatoms. The molecule has 0 spiro atoms. The second-order valence-corrected chi connectivity index (χ2v) is 12.6. The fourth-order valence-corrected chi connectivity index (χ4v) is 5.90. The van der Waals surface area contributed by atoms with E-state index in [1.165, 1.54) is 15.2 Å². The summed E-state index contributed by atoms with van der Waals surface area (Å²) in [5.41, 5.74) is 8.10. The van der Waals surface area contributed by atoms with Gasteiger partial charge in [-0.25, -0.2) is 0 Å². The molecule has 2 heterocycles. The van der Waals surface area contributed by atoms with Crippen LogP contribution in [-0.2, 0) is 16.8 Å². The Bertz CT molecular complexity index is 1550. The van der Waals surface area contributed by atoms with Crippen LogP contribution in [0.2, 0.25) is 5.02 Å². The first-order chi connectivity index (χ1) is 19.1. The van der Waals surface area contributed by atoms with Crippen LogP contribution < -0.4 is 25.7 Å². The first-order valence-electron chi connectivity index (χ1n) is 13.0. The molecule has 214 valence electrons. The average molecular weight is 591 g/mol. The SMILES string of the molecule is Cc1ccc(CNS(=O)(=O)N2CCN(c3cnn(-c4cccc(Cl)c4)c(=O)c3OCC3(CF)CC3)CC2)cc1N. The number of ether oxygens (including phenoxy) is 1. The van der Waals surface area contributed by atoms with E-state index in [1.54, 1.807) is 30.3 Å². The van der Waals surface area contributed by atoms with Gasteiger partial charge in [-0.05, 0) is 55.2 Å².